The van der Waals surface area contributed by atoms with Crippen LogP contribution in [0.15, 0.2) is 86.0 Å². The molecule has 0 heterocycles. The Balaban J connectivity index is 2.21. The molecule has 0 aliphatic carbocycles. The van der Waals surface area contributed by atoms with Crippen molar-refractivity contribution in [1.82, 2.24) is 0 Å². The highest BCUT2D eigenvalue weighted by Gasteiger charge is 2.38. The Bertz CT molecular complexity index is 799. The molecule has 0 aliphatic heterocycles. The van der Waals surface area contributed by atoms with E-state index in [1.165, 1.54) is 101 Å². The Hall–Kier alpha value is -2.12. The standard InChI is InChI=1S/C38H58O/c1-5-9-11-13-15-17-25-31-37(7-3,33-35-27-21-19-22-28-35)39-38(8-4,34-36-29-23-20-24-30-36)32-26-18-16-14-12-10-6-2/h7-8,19-24,27-30H,3-6,9-18,25-26,31-34H2,1-2H3. The fraction of sp³-hybridized carbons (Fsp3) is 0.579. The predicted octanol–water partition coefficient (Wildman–Crippen LogP) is 11.6. The molecule has 2 unspecified atom stereocenters. The molecule has 0 N–H and O–H groups in total. The van der Waals surface area contributed by atoms with Crippen LogP contribution in [0.1, 0.15) is 128 Å². The second kappa shape index (κ2) is 19.9. The lowest BCUT2D eigenvalue weighted by Gasteiger charge is -2.42. The first kappa shape index (κ1) is 33.1. The van der Waals surface area contributed by atoms with Gasteiger partial charge in [-0.15, -0.1) is 13.2 Å². The van der Waals surface area contributed by atoms with Crippen molar-refractivity contribution in [1.29, 1.82) is 0 Å². The first-order valence-corrected chi connectivity index (χ1v) is 16.2. The maximum absolute atomic E-state index is 7.39. The van der Waals surface area contributed by atoms with Gasteiger partial charge in [0, 0.05) is 12.8 Å². The quantitative estimate of drug-likeness (QED) is 0.0968. The van der Waals surface area contributed by atoms with Crippen molar-refractivity contribution >= 4 is 0 Å². The molecular weight excluding hydrogens is 472 g/mol. The normalized spacial score (nSPS) is 14.4. The van der Waals surface area contributed by atoms with Gasteiger partial charge in [-0.25, -0.2) is 0 Å². The largest absolute Gasteiger partial charge is 0.360 e. The molecule has 1 heteroatoms. The molecule has 0 amide bonds. The summed E-state index contributed by atoms with van der Waals surface area (Å²) in [5.74, 6) is 0. The van der Waals surface area contributed by atoms with Crippen molar-refractivity contribution in [2.24, 2.45) is 0 Å². The minimum atomic E-state index is -0.408. The molecular formula is C38H58O. The van der Waals surface area contributed by atoms with Gasteiger partial charge in [-0.1, -0.05) is 177 Å². The summed E-state index contributed by atoms with van der Waals surface area (Å²) in [7, 11) is 0. The number of ether oxygens (including phenoxy) is 1. The monoisotopic (exact) mass is 530 g/mol. The number of hydrogen-bond donors (Lipinski definition) is 0. The number of benzene rings is 2. The Morgan fingerprint density at radius 1 is 0.513 bits per heavy atom. The summed E-state index contributed by atoms with van der Waals surface area (Å²) < 4.78 is 7.39. The molecule has 39 heavy (non-hydrogen) atoms. The molecule has 2 rings (SSSR count). The van der Waals surface area contributed by atoms with E-state index < -0.39 is 11.2 Å². The van der Waals surface area contributed by atoms with Gasteiger partial charge in [-0.3, -0.25) is 0 Å². The number of rotatable bonds is 24. The van der Waals surface area contributed by atoms with Crippen LogP contribution < -0.4 is 0 Å². The Morgan fingerprint density at radius 3 is 1.18 bits per heavy atom. The van der Waals surface area contributed by atoms with Crippen LogP contribution in [0.3, 0.4) is 0 Å². The second-order valence-electron chi connectivity index (χ2n) is 11.7. The predicted molar refractivity (Wildman–Crippen MR) is 172 cm³/mol. The topological polar surface area (TPSA) is 9.23 Å². The van der Waals surface area contributed by atoms with Crippen LogP contribution in [-0.4, -0.2) is 11.2 Å². The average molecular weight is 531 g/mol. The first-order chi connectivity index (χ1) is 19.1. The SMILES string of the molecule is C=CC(CCCCCCCCC)(Cc1ccccc1)OC(C=C)(CCCCCCCCC)Cc1ccccc1. The van der Waals surface area contributed by atoms with Gasteiger partial charge < -0.3 is 4.74 Å². The van der Waals surface area contributed by atoms with Gasteiger partial charge in [0.05, 0.1) is 11.2 Å². The zero-order valence-electron chi connectivity index (χ0n) is 25.5. The van der Waals surface area contributed by atoms with Gasteiger partial charge in [-0.05, 0) is 24.0 Å². The molecule has 0 aliphatic rings. The Labute approximate surface area is 242 Å². The lowest BCUT2D eigenvalue weighted by molar-refractivity contribution is -0.116. The van der Waals surface area contributed by atoms with Crippen molar-refractivity contribution in [2.75, 3.05) is 0 Å². The van der Waals surface area contributed by atoms with Crippen LogP contribution in [0, 0.1) is 0 Å². The first-order valence-electron chi connectivity index (χ1n) is 16.2. The van der Waals surface area contributed by atoms with E-state index in [0.717, 1.165) is 25.7 Å². The molecule has 2 aromatic rings. The van der Waals surface area contributed by atoms with Crippen LogP contribution in [-0.2, 0) is 17.6 Å². The van der Waals surface area contributed by atoms with E-state index in [2.05, 4.69) is 99.8 Å². The molecule has 1 nitrogen and oxygen atoms in total. The van der Waals surface area contributed by atoms with E-state index in [-0.39, 0.29) is 0 Å². The van der Waals surface area contributed by atoms with Crippen molar-refractivity contribution in [2.45, 2.75) is 141 Å². The zero-order chi connectivity index (χ0) is 28.1. The van der Waals surface area contributed by atoms with Crippen LogP contribution >= 0.6 is 0 Å². The summed E-state index contributed by atoms with van der Waals surface area (Å²) in [4.78, 5) is 0. The highest BCUT2D eigenvalue weighted by atomic mass is 16.5. The van der Waals surface area contributed by atoms with Crippen LogP contribution in [0.2, 0.25) is 0 Å². The van der Waals surface area contributed by atoms with Crippen molar-refractivity contribution in [3.05, 3.63) is 97.1 Å². The summed E-state index contributed by atoms with van der Waals surface area (Å²) in [6.45, 7) is 13.3. The van der Waals surface area contributed by atoms with Gasteiger partial charge in [0.15, 0.2) is 0 Å². The Morgan fingerprint density at radius 2 is 0.846 bits per heavy atom. The lowest BCUT2D eigenvalue weighted by Crippen LogP contribution is -2.45. The molecule has 2 aromatic carbocycles. The van der Waals surface area contributed by atoms with E-state index in [4.69, 9.17) is 4.74 Å². The van der Waals surface area contributed by atoms with Crippen molar-refractivity contribution in [3.8, 4) is 0 Å². The van der Waals surface area contributed by atoms with E-state index in [9.17, 15) is 0 Å². The molecule has 216 valence electrons. The summed E-state index contributed by atoms with van der Waals surface area (Å²) in [5.41, 5.74) is 1.81. The molecule has 0 fully saturated rings. The number of hydrogen-bond acceptors (Lipinski definition) is 1. The average Bonchev–Trinajstić information content (AvgIpc) is 2.97. The third-order valence-electron chi connectivity index (χ3n) is 8.25. The fourth-order valence-electron chi connectivity index (χ4n) is 5.83. The molecule has 0 aromatic heterocycles. The van der Waals surface area contributed by atoms with E-state index >= 15 is 0 Å². The summed E-state index contributed by atoms with van der Waals surface area (Å²) in [6.07, 6.45) is 26.1. The maximum atomic E-state index is 7.39. The minimum absolute atomic E-state index is 0.408. The summed E-state index contributed by atoms with van der Waals surface area (Å²) in [6, 6.07) is 21.7. The van der Waals surface area contributed by atoms with Gasteiger partial charge in [-0.2, -0.15) is 0 Å². The molecule has 0 radical (unpaired) electrons. The van der Waals surface area contributed by atoms with E-state index in [1.54, 1.807) is 0 Å². The molecule has 0 saturated heterocycles. The second-order valence-corrected chi connectivity index (χ2v) is 11.7. The van der Waals surface area contributed by atoms with Crippen LogP contribution in [0.4, 0.5) is 0 Å². The van der Waals surface area contributed by atoms with Crippen molar-refractivity contribution < 1.29 is 4.74 Å². The Kier molecular flexibility index (Phi) is 16.9. The van der Waals surface area contributed by atoms with E-state index in [0.29, 0.717) is 0 Å². The van der Waals surface area contributed by atoms with Gasteiger partial charge in [0.25, 0.3) is 0 Å². The highest BCUT2D eigenvalue weighted by Crippen LogP contribution is 2.37. The fourth-order valence-corrected chi connectivity index (χ4v) is 5.83. The highest BCUT2D eigenvalue weighted by molar-refractivity contribution is 5.23. The number of unbranched alkanes of at least 4 members (excludes halogenated alkanes) is 12. The minimum Gasteiger partial charge on any atom is -0.360 e. The lowest BCUT2D eigenvalue weighted by atomic mass is 9.84. The third-order valence-corrected chi connectivity index (χ3v) is 8.25. The maximum Gasteiger partial charge on any atom is 0.0912 e. The molecule has 2 atom stereocenters. The van der Waals surface area contributed by atoms with Gasteiger partial charge in [0.1, 0.15) is 0 Å². The smallest absolute Gasteiger partial charge is 0.0912 e. The summed E-state index contributed by atoms with van der Waals surface area (Å²) in [5, 5.41) is 0. The zero-order valence-corrected chi connectivity index (χ0v) is 25.5. The molecule has 0 spiro atoms. The van der Waals surface area contributed by atoms with Gasteiger partial charge >= 0.3 is 0 Å². The third kappa shape index (κ3) is 13.2. The van der Waals surface area contributed by atoms with Gasteiger partial charge in [0.2, 0.25) is 0 Å². The van der Waals surface area contributed by atoms with E-state index in [1.807, 2.05) is 0 Å². The molecule has 0 bridgehead atoms. The summed E-state index contributed by atoms with van der Waals surface area (Å²) >= 11 is 0. The van der Waals surface area contributed by atoms with Crippen LogP contribution in [0.5, 0.6) is 0 Å². The van der Waals surface area contributed by atoms with Crippen molar-refractivity contribution in [3.63, 3.8) is 0 Å². The van der Waals surface area contributed by atoms with Crippen LogP contribution in [0.25, 0.3) is 0 Å². The molecule has 0 saturated carbocycles.